The third-order valence-corrected chi connectivity index (χ3v) is 9.36. The van der Waals surface area contributed by atoms with Crippen LogP contribution in [0.5, 0.6) is 0 Å². The molecule has 0 spiro atoms. The Morgan fingerprint density at radius 3 is 1.89 bits per heavy atom. The largest absolute Gasteiger partial charge is 0.456 e. The van der Waals surface area contributed by atoms with Crippen LogP contribution < -0.4 is 0 Å². The molecular weight excluding hydrogens is 556 g/mol. The molecule has 216 valence electrons. The van der Waals surface area contributed by atoms with Gasteiger partial charge >= 0.3 is 0 Å². The van der Waals surface area contributed by atoms with Gasteiger partial charge in [0.2, 0.25) is 0 Å². The van der Waals surface area contributed by atoms with Crippen LogP contribution in [0.2, 0.25) is 0 Å². The number of hydrogen-bond acceptors (Lipinski definition) is 1. The van der Waals surface area contributed by atoms with E-state index in [0.29, 0.717) is 5.56 Å². The summed E-state index contributed by atoms with van der Waals surface area (Å²) >= 11 is 0. The summed E-state index contributed by atoms with van der Waals surface area (Å²) in [7, 11) is 0. The Morgan fingerprint density at radius 2 is 1.13 bits per heavy atom. The van der Waals surface area contributed by atoms with Crippen LogP contribution in [0.25, 0.3) is 87.6 Å². The zero-order chi connectivity index (χ0) is 43.6. The van der Waals surface area contributed by atoms with Gasteiger partial charge in [-0.1, -0.05) is 141 Å². The molecule has 1 heteroatoms. The first kappa shape index (κ1) is 15.1. The zero-order valence-corrected chi connectivity index (χ0v) is 24.6. The fraction of sp³-hybridized carbons (Fsp3) is 0.0667. The SMILES string of the molecule is [2H]c1c([2H])c([2H])c2c(ccc3oc4c([2H])c([2H])c(-c5c6c([2H])c([2H])c([2H])c([2H])c6c(-c6cccc7c6-c6ccccc6C7(C)C)c6c([2H])c([2H])c([2H])c([2H])c56)c([2H])c4c32)c1[2H]. The Morgan fingerprint density at radius 1 is 0.500 bits per heavy atom. The van der Waals surface area contributed by atoms with Gasteiger partial charge < -0.3 is 4.42 Å². The maximum atomic E-state index is 9.90. The third-order valence-electron chi connectivity index (χ3n) is 9.36. The van der Waals surface area contributed by atoms with E-state index < -0.39 is 90.0 Å². The van der Waals surface area contributed by atoms with E-state index in [9.17, 15) is 9.60 Å². The van der Waals surface area contributed by atoms with Crippen molar-refractivity contribution < 1.29 is 25.0 Å². The van der Waals surface area contributed by atoms with Crippen molar-refractivity contribution >= 4 is 54.3 Å². The Kier molecular flexibility index (Phi) is 3.01. The van der Waals surface area contributed by atoms with Gasteiger partial charge in [0.05, 0.1) is 20.6 Å². The van der Waals surface area contributed by atoms with Crippen LogP contribution >= 0.6 is 0 Å². The molecule has 0 N–H and O–H groups in total. The van der Waals surface area contributed by atoms with Gasteiger partial charge in [-0.2, -0.15) is 0 Å². The van der Waals surface area contributed by atoms with Crippen molar-refractivity contribution in [1.82, 2.24) is 0 Å². The van der Waals surface area contributed by atoms with E-state index in [-0.39, 0.29) is 77.0 Å². The normalized spacial score (nSPS) is 18.2. The lowest BCUT2D eigenvalue weighted by atomic mass is 9.80. The minimum absolute atomic E-state index is 0.00568. The van der Waals surface area contributed by atoms with E-state index >= 15 is 0 Å². The fourth-order valence-electron chi connectivity index (χ4n) is 7.33. The van der Waals surface area contributed by atoms with E-state index in [1.807, 2.05) is 30.3 Å². The van der Waals surface area contributed by atoms with Crippen molar-refractivity contribution in [3.8, 4) is 33.4 Å². The van der Waals surface area contributed by atoms with Crippen LogP contribution in [0, 0.1) is 0 Å². The van der Waals surface area contributed by atoms with Crippen molar-refractivity contribution in [3.05, 3.63) is 156 Å². The summed E-state index contributed by atoms with van der Waals surface area (Å²) in [5.74, 6) is 0. The van der Waals surface area contributed by atoms with E-state index in [4.69, 9.17) is 15.4 Å². The molecule has 1 nitrogen and oxygen atoms in total. The lowest BCUT2D eigenvalue weighted by Gasteiger charge is -2.22. The highest BCUT2D eigenvalue weighted by Gasteiger charge is 2.37. The highest BCUT2D eigenvalue weighted by molar-refractivity contribution is 6.24. The Hall–Kier alpha value is -5.66. The quantitative estimate of drug-likeness (QED) is 0.180. The number of rotatable bonds is 2. The molecular formula is C45H30O. The summed E-state index contributed by atoms with van der Waals surface area (Å²) < 4.78 is 143. The fourth-order valence-corrected chi connectivity index (χ4v) is 7.33. The molecule has 0 unspecified atom stereocenters. The van der Waals surface area contributed by atoms with E-state index in [1.165, 1.54) is 12.1 Å². The average Bonchev–Trinajstić information content (AvgIpc) is 3.76. The lowest BCUT2D eigenvalue weighted by Crippen LogP contribution is -2.14. The molecule has 0 aliphatic heterocycles. The molecule has 1 aliphatic carbocycles. The van der Waals surface area contributed by atoms with Gasteiger partial charge in [0.15, 0.2) is 0 Å². The molecule has 9 aromatic rings. The molecule has 1 heterocycles. The van der Waals surface area contributed by atoms with E-state index in [2.05, 4.69) is 13.8 Å². The zero-order valence-electron chi connectivity index (χ0n) is 39.6. The average molecular weight is 602 g/mol. The van der Waals surface area contributed by atoms with Crippen molar-refractivity contribution in [2.75, 3.05) is 0 Å². The van der Waals surface area contributed by atoms with Gasteiger partial charge in [-0.15, -0.1) is 0 Å². The molecule has 10 rings (SSSR count). The minimum Gasteiger partial charge on any atom is -0.456 e. The molecule has 46 heavy (non-hydrogen) atoms. The summed E-state index contributed by atoms with van der Waals surface area (Å²) in [6, 6.07) is 7.84. The third kappa shape index (κ3) is 3.35. The molecule has 0 amide bonds. The predicted octanol–water partition coefficient (Wildman–Crippen LogP) is 12.7. The van der Waals surface area contributed by atoms with Gasteiger partial charge in [0, 0.05) is 16.2 Å². The van der Waals surface area contributed by atoms with Crippen molar-refractivity contribution in [2.45, 2.75) is 19.3 Å². The highest BCUT2D eigenvalue weighted by Crippen LogP contribution is 2.54. The van der Waals surface area contributed by atoms with Crippen LogP contribution in [0.1, 0.15) is 45.5 Å². The number of benzene rings is 8. The second-order valence-corrected chi connectivity index (χ2v) is 12.1. The molecule has 0 atom stereocenters. The van der Waals surface area contributed by atoms with Crippen molar-refractivity contribution in [2.24, 2.45) is 0 Å². The minimum atomic E-state index is -0.671. The Balaban J connectivity index is 1.50. The summed E-state index contributed by atoms with van der Waals surface area (Å²) in [5, 5.41) is -0.666. The molecule has 1 aliphatic rings. The summed E-state index contributed by atoms with van der Waals surface area (Å²) in [5.41, 5.74) is 2.61. The van der Waals surface area contributed by atoms with Crippen LogP contribution in [0.15, 0.2) is 150 Å². The molecule has 0 saturated heterocycles. The van der Waals surface area contributed by atoms with Crippen LogP contribution in [0.3, 0.4) is 0 Å². The highest BCUT2D eigenvalue weighted by atomic mass is 16.3. The molecule has 0 bridgehead atoms. The summed E-state index contributed by atoms with van der Waals surface area (Å²) in [6.07, 6.45) is 0. The maximum Gasteiger partial charge on any atom is 0.136 e. The molecule has 8 aromatic carbocycles. The topological polar surface area (TPSA) is 13.1 Å². The second kappa shape index (κ2) is 9.19. The standard InChI is InChI=1S/C45H30O/c1-45(2)37-20-10-9-18-34(37)43-35(19-11-21-38(43)45)42-32-16-7-5-14-30(32)41(31-15-6-8-17-33(31)42)28-23-24-39-36(26-28)44-29-13-4-3-12-27(29)22-25-40(44)46-39/h3-26H,1-2H3/i3D,4D,5D,6D,7D,8D,12D,13D,14D,15D,16D,17D,23D,24D,26D. The number of furan rings is 1. The van der Waals surface area contributed by atoms with Crippen LogP contribution in [-0.2, 0) is 5.41 Å². The van der Waals surface area contributed by atoms with Gasteiger partial charge in [0.1, 0.15) is 11.2 Å². The summed E-state index contributed by atoms with van der Waals surface area (Å²) in [6.45, 7) is 4.13. The van der Waals surface area contributed by atoms with Crippen molar-refractivity contribution in [3.63, 3.8) is 0 Å². The number of hydrogen-bond donors (Lipinski definition) is 0. The first-order valence-corrected chi connectivity index (χ1v) is 14.9. The summed E-state index contributed by atoms with van der Waals surface area (Å²) in [4.78, 5) is 0. The molecule has 0 fully saturated rings. The predicted molar refractivity (Wildman–Crippen MR) is 195 cm³/mol. The van der Waals surface area contributed by atoms with Gasteiger partial charge in [0.25, 0.3) is 0 Å². The number of fused-ring (bicyclic) bond motifs is 10. The Labute approximate surface area is 288 Å². The second-order valence-electron chi connectivity index (χ2n) is 12.1. The van der Waals surface area contributed by atoms with Gasteiger partial charge in [-0.3, -0.25) is 0 Å². The Bertz CT molecular complexity index is 3490. The molecule has 0 saturated carbocycles. The van der Waals surface area contributed by atoms with Crippen LogP contribution in [0.4, 0.5) is 0 Å². The monoisotopic (exact) mass is 601 g/mol. The lowest BCUT2D eigenvalue weighted by molar-refractivity contribution is 0.660. The van der Waals surface area contributed by atoms with E-state index in [1.54, 1.807) is 12.1 Å². The maximum absolute atomic E-state index is 9.90. The van der Waals surface area contributed by atoms with Crippen LogP contribution in [-0.4, -0.2) is 0 Å². The smallest absolute Gasteiger partial charge is 0.136 e. The van der Waals surface area contributed by atoms with Crippen molar-refractivity contribution in [1.29, 1.82) is 0 Å². The van der Waals surface area contributed by atoms with Gasteiger partial charge in [-0.25, -0.2) is 0 Å². The first-order chi connectivity index (χ1) is 28.8. The van der Waals surface area contributed by atoms with E-state index in [0.717, 1.165) is 22.3 Å². The first-order valence-electron chi connectivity index (χ1n) is 22.4. The van der Waals surface area contributed by atoms with Gasteiger partial charge in [-0.05, 0) is 95.0 Å². The molecule has 1 aromatic heterocycles. The molecule has 0 radical (unpaired) electrons.